The number of nitrogens with one attached hydrogen (secondary N) is 1. The molecule has 1 unspecified atom stereocenters. The fourth-order valence-corrected chi connectivity index (χ4v) is 2.50. The van der Waals surface area contributed by atoms with Crippen LogP contribution >= 0.6 is 24.8 Å². The van der Waals surface area contributed by atoms with Gasteiger partial charge in [-0.15, -0.1) is 24.8 Å². The highest BCUT2D eigenvalue weighted by Gasteiger charge is 2.14. The second-order valence-electron chi connectivity index (χ2n) is 5.90. The average Bonchev–Trinajstić information content (AvgIpc) is 2.60. The molecule has 0 spiro atoms. The third-order valence-corrected chi connectivity index (χ3v) is 3.67. The van der Waals surface area contributed by atoms with Crippen LogP contribution in [-0.4, -0.2) is 28.3 Å². The number of aromatic nitrogens is 2. The van der Waals surface area contributed by atoms with Crippen LogP contribution in [0.3, 0.4) is 0 Å². The van der Waals surface area contributed by atoms with Crippen LogP contribution in [-0.2, 0) is 18.3 Å². The van der Waals surface area contributed by atoms with Crippen LogP contribution in [0.15, 0.2) is 0 Å². The van der Waals surface area contributed by atoms with Crippen molar-refractivity contribution < 1.29 is 4.79 Å². The molecule has 0 saturated carbocycles. The third kappa shape index (κ3) is 6.99. The summed E-state index contributed by atoms with van der Waals surface area (Å²) in [6, 6.07) is 0.0820. The van der Waals surface area contributed by atoms with E-state index in [0.29, 0.717) is 18.9 Å². The zero-order chi connectivity index (χ0) is 15.3. The van der Waals surface area contributed by atoms with Crippen LogP contribution in [0.25, 0.3) is 0 Å². The summed E-state index contributed by atoms with van der Waals surface area (Å²) in [4.78, 5) is 12.0. The maximum atomic E-state index is 12.0. The van der Waals surface area contributed by atoms with Crippen molar-refractivity contribution in [2.24, 2.45) is 18.7 Å². The maximum absolute atomic E-state index is 12.0. The van der Waals surface area contributed by atoms with Gasteiger partial charge in [0.25, 0.3) is 0 Å². The fraction of sp³-hybridized carbons (Fsp3) is 0.733. The molecule has 7 heteroatoms. The minimum Gasteiger partial charge on any atom is -0.352 e. The monoisotopic (exact) mass is 352 g/mol. The van der Waals surface area contributed by atoms with Crippen molar-refractivity contribution in [1.82, 2.24) is 15.1 Å². The van der Waals surface area contributed by atoms with Crippen molar-refractivity contribution >= 4 is 30.7 Å². The predicted molar refractivity (Wildman–Crippen MR) is 95.9 cm³/mol. The molecular formula is C15H30Cl2N4O. The number of carbonyl (C=O) groups is 1. The average molecular weight is 353 g/mol. The molecule has 0 bridgehead atoms. The van der Waals surface area contributed by atoms with Crippen LogP contribution in [0, 0.1) is 19.8 Å². The minimum absolute atomic E-state index is 0. The molecule has 0 aromatic carbocycles. The number of halogens is 2. The Balaban J connectivity index is 0. The highest BCUT2D eigenvalue weighted by atomic mass is 35.5. The Morgan fingerprint density at radius 3 is 2.32 bits per heavy atom. The van der Waals surface area contributed by atoms with E-state index < -0.39 is 0 Å². The van der Waals surface area contributed by atoms with Crippen molar-refractivity contribution in [2.75, 3.05) is 6.54 Å². The molecule has 22 heavy (non-hydrogen) atoms. The fourth-order valence-electron chi connectivity index (χ4n) is 2.50. The van der Waals surface area contributed by atoms with E-state index in [1.165, 1.54) is 5.56 Å². The van der Waals surface area contributed by atoms with Crippen LogP contribution in [0.1, 0.15) is 43.6 Å². The molecule has 0 aliphatic rings. The molecule has 1 amide bonds. The first-order chi connectivity index (χ1) is 9.35. The van der Waals surface area contributed by atoms with E-state index in [-0.39, 0.29) is 36.8 Å². The van der Waals surface area contributed by atoms with Gasteiger partial charge in [0.2, 0.25) is 5.91 Å². The van der Waals surface area contributed by atoms with Crippen molar-refractivity contribution in [3.05, 3.63) is 17.0 Å². The van der Waals surface area contributed by atoms with Gasteiger partial charge < -0.3 is 11.1 Å². The molecule has 1 aromatic rings. The SMILES string of the molecule is Cc1nn(C)c(C)c1CCC(=O)NC(CN)CC(C)C.Cl.Cl. The molecule has 0 saturated heterocycles. The topological polar surface area (TPSA) is 72.9 Å². The van der Waals surface area contributed by atoms with Gasteiger partial charge in [-0.25, -0.2) is 0 Å². The summed E-state index contributed by atoms with van der Waals surface area (Å²) in [5.74, 6) is 0.607. The van der Waals surface area contributed by atoms with Gasteiger partial charge in [0.1, 0.15) is 0 Å². The van der Waals surface area contributed by atoms with Gasteiger partial charge in [-0.2, -0.15) is 5.10 Å². The number of nitrogens with zero attached hydrogens (tertiary/aromatic N) is 2. The Hall–Kier alpha value is -0.780. The Labute approximate surface area is 146 Å². The molecular weight excluding hydrogens is 323 g/mol. The van der Waals surface area contributed by atoms with E-state index in [1.54, 1.807) is 0 Å². The van der Waals surface area contributed by atoms with E-state index in [1.807, 2.05) is 25.6 Å². The highest BCUT2D eigenvalue weighted by molar-refractivity contribution is 5.85. The normalized spacial score (nSPS) is 11.6. The van der Waals surface area contributed by atoms with Gasteiger partial charge in [0.15, 0.2) is 0 Å². The molecule has 3 N–H and O–H groups in total. The lowest BCUT2D eigenvalue weighted by Gasteiger charge is -2.18. The lowest BCUT2D eigenvalue weighted by molar-refractivity contribution is -0.121. The smallest absolute Gasteiger partial charge is 0.220 e. The van der Waals surface area contributed by atoms with Crippen LogP contribution in [0.5, 0.6) is 0 Å². The second kappa shape index (κ2) is 10.9. The lowest BCUT2D eigenvalue weighted by atomic mass is 10.0. The Bertz CT molecular complexity index is 461. The van der Waals surface area contributed by atoms with Gasteiger partial charge in [0.05, 0.1) is 5.69 Å². The lowest BCUT2D eigenvalue weighted by Crippen LogP contribution is -2.41. The van der Waals surface area contributed by atoms with E-state index in [0.717, 1.165) is 24.2 Å². The molecule has 130 valence electrons. The highest BCUT2D eigenvalue weighted by Crippen LogP contribution is 2.14. The molecule has 1 atom stereocenters. The summed E-state index contributed by atoms with van der Waals surface area (Å²) >= 11 is 0. The van der Waals surface area contributed by atoms with Crippen LogP contribution in [0.4, 0.5) is 0 Å². The van der Waals surface area contributed by atoms with E-state index in [9.17, 15) is 4.79 Å². The van der Waals surface area contributed by atoms with E-state index in [4.69, 9.17) is 5.73 Å². The van der Waals surface area contributed by atoms with Crippen molar-refractivity contribution in [1.29, 1.82) is 0 Å². The Morgan fingerprint density at radius 2 is 1.91 bits per heavy atom. The zero-order valence-electron chi connectivity index (χ0n) is 14.2. The number of hydrogen-bond donors (Lipinski definition) is 2. The maximum Gasteiger partial charge on any atom is 0.220 e. The first-order valence-electron chi connectivity index (χ1n) is 7.33. The largest absolute Gasteiger partial charge is 0.352 e. The van der Waals surface area contributed by atoms with Gasteiger partial charge in [0, 0.05) is 31.7 Å². The molecule has 5 nitrogen and oxygen atoms in total. The summed E-state index contributed by atoms with van der Waals surface area (Å²) in [6.07, 6.45) is 2.14. The number of amides is 1. The van der Waals surface area contributed by atoms with Crippen molar-refractivity contribution in [2.45, 2.75) is 53.0 Å². The van der Waals surface area contributed by atoms with Gasteiger partial charge in [-0.3, -0.25) is 9.48 Å². The summed E-state index contributed by atoms with van der Waals surface area (Å²) < 4.78 is 1.87. The first-order valence-corrected chi connectivity index (χ1v) is 7.33. The summed E-state index contributed by atoms with van der Waals surface area (Å²) in [7, 11) is 1.93. The molecule has 1 aromatic heterocycles. The number of hydrogen-bond acceptors (Lipinski definition) is 3. The number of aryl methyl sites for hydroxylation is 2. The molecule has 0 aliphatic heterocycles. The predicted octanol–water partition coefficient (Wildman–Crippen LogP) is 2.30. The van der Waals surface area contributed by atoms with Crippen LogP contribution < -0.4 is 11.1 Å². The van der Waals surface area contributed by atoms with Gasteiger partial charge in [-0.05, 0) is 38.2 Å². The van der Waals surface area contributed by atoms with Crippen LogP contribution in [0.2, 0.25) is 0 Å². The molecule has 0 aliphatic carbocycles. The zero-order valence-corrected chi connectivity index (χ0v) is 15.8. The summed E-state index contributed by atoms with van der Waals surface area (Å²) in [5, 5.41) is 7.39. The Morgan fingerprint density at radius 1 is 1.32 bits per heavy atom. The molecule has 1 rings (SSSR count). The van der Waals surface area contributed by atoms with Gasteiger partial charge in [-0.1, -0.05) is 13.8 Å². The Kier molecular flexibility index (Phi) is 11.6. The summed E-state index contributed by atoms with van der Waals surface area (Å²) in [6.45, 7) is 8.79. The van der Waals surface area contributed by atoms with Crippen molar-refractivity contribution in [3.63, 3.8) is 0 Å². The van der Waals surface area contributed by atoms with Crippen molar-refractivity contribution in [3.8, 4) is 0 Å². The number of carbonyl (C=O) groups excluding carboxylic acids is 1. The minimum atomic E-state index is 0. The van der Waals surface area contributed by atoms with E-state index >= 15 is 0 Å². The third-order valence-electron chi connectivity index (χ3n) is 3.67. The second-order valence-corrected chi connectivity index (χ2v) is 5.90. The summed E-state index contributed by atoms with van der Waals surface area (Å²) in [5.41, 5.74) is 9.02. The standard InChI is InChI=1S/C15H28N4O.2ClH/c1-10(2)8-13(9-16)17-15(20)7-6-14-11(3)18-19(5)12(14)4;;/h10,13H,6-9,16H2,1-5H3,(H,17,20);2*1H. The molecule has 0 fully saturated rings. The molecule has 1 heterocycles. The quantitative estimate of drug-likeness (QED) is 0.790. The number of rotatable bonds is 7. The van der Waals surface area contributed by atoms with Gasteiger partial charge >= 0.3 is 0 Å². The van der Waals surface area contributed by atoms with E-state index in [2.05, 4.69) is 24.3 Å². The number of nitrogens with two attached hydrogens (primary N) is 1. The molecule has 0 radical (unpaired) electrons. The first kappa shape index (κ1) is 23.5.